The van der Waals surface area contributed by atoms with E-state index in [1.165, 1.54) is 12.5 Å². The van der Waals surface area contributed by atoms with Gasteiger partial charge >= 0.3 is 0 Å². The number of nitrogen functional groups attached to an aromatic ring is 1. The van der Waals surface area contributed by atoms with Gasteiger partial charge in [0, 0.05) is 5.54 Å². The summed E-state index contributed by atoms with van der Waals surface area (Å²) in [5.41, 5.74) is 6.29. The molecule has 0 unspecified atom stereocenters. The second kappa shape index (κ2) is 4.18. The predicted molar refractivity (Wildman–Crippen MR) is 70.8 cm³/mol. The van der Waals surface area contributed by atoms with Gasteiger partial charge < -0.3 is 10.3 Å². The van der Waals surface area contributed by atoms with Gasteiger partial charge in [-0.2, -0.15) is 0 Å². The quantitative estimate of drug-likeness (QED) is 0.856. The number of nitrogens with two attached hydrogens (primary N) is 1. The molecule has 102 valence electrons. The van der Waals surface area contributed by atoms with Crippen molar-refractivity contribution in [3.8, 4) is 0 Å². The van der Waals surface area contributed by atoms with Crippen molar-refractivity contribution in [1.29, 1.82) is 0 Å². The fourth-order valence-electron chi connectivity index (χ4n) is 3.20. The minimum atomic E-state index is -0.854. The summed E-state index contributed by atoms with van der Waals surface area (Å²) >= 11 is 0. The lowest BCUT2D eigenvalue weighted by Crippen LogP contribution is -2.33. The Kier molecular flexibility index (Phi) is 2.73. The lowest BCUT2D eigenvalue weighted by molar-refractivity contribution is 0.226. The summed E-state index contributed by atoms with van der Waals surface area (Å²) in [4.78, 5) is 4.17. The third-order valence-electron chi connectivity index (χ3n) is 4.21. The van der Waals surface area contributed by atoms with Crippen molar-refractivity contribution < 1.29 is 8.78 Å². The number of imidazole rings is 1. The Hall–Kier alpha value is -1.65. The van der Waals surface area contributed by atoms with Crippen molar-refractivity contribution in [2.45, 2.75) is 44.6 Å². The molecule has 1 aromatic heterocycles. The zero-order chi connectivity index (χ0) is 13.6. The summed E-state index contributed by atoms with van der Waals surface area (Å²) < 4.78 is 29.3. The molecule has 0 bridgehead atoms. The summed E-state index contributed by atoms with van der Waals surface area (Å²) in [5.74, 6) is -1.44. The van der Waals surface area contributed by atoms with Crippen molar-refractivity contribution in [2.24, 2.45) is 0 Å². The minimum absolute atomic E-state index is 0.196. The molecular weight excluding hydrogens is 248 g/mol. The third-order valence-corrected chi connectivity index (χ3v) is 4.21. The maximum atomic E-state index is 14.1. The van der Waals surface area contributed by atoms with Crippen LogP contribution in [0.3, 0.4) is 0 Å². The van der Waals surface area contributed by atoms with Gasteiger partial charge in [-0.15, -0.1) is 0 Å². The van der Waals surface area contributed by atoms with Crippen molar-refractivity contribution in [3.63, 3.8) is 0 Å². The highest BCUT2D eigenvalue weighted by Gasteiger charge is 2.33. The molecule has 3 rings (SSSR count). The molecule has 1 fully saturated rings. The minimum Gasteiger partial charge on any atom is -0.369 e. The van der Waals surface area contributed by atoms with Gasteiger partial charge in [-0.05, 0) is 31.9 Å². The molecule has 2 N–H and O–H groups in total. The first-order chi connectivity index (χ1) is 9.03. The second-order valence-electron chi connectivity index (χ2n) is 5.59. The summed E-state index contributed by atoms with van der Waals surface area (Å²) in [6, 6.07) is 2.57. The molecule has 0 aliphatic heterocycles. The highest BCUT2D eigenvalue weighted by Crippen LogP contribution is 2.39. The number of nitrogens with zero attached hydrogens (tertiary/aromatic N) is 2. The smallest absolute Gasteiger partial charge is 0.201 e. The van der Waals surface area contributed by atoms with E-state index in [2.05, 4.69) is 4.98 Å². The van der Waals surface area contributed by atoms with Crippen molar-refractivity contribution in [3.05, 3.63) is 23.8 Å². The van der Waals surface area contributed by atoms with Gasteiger partial charge in [-0.1, -0.05) is 19.3 Å². The number of hydrogen-bond acceptors (Lipinski definition) is 2. The van der Waals surface area contributed by atoms with E-state index in [0.29, 0.717) is 5.52 Å². The third kappa shape index (κ3) is 1.79. The monoisotopic (exact) mass is 265 g/mol. The van der Waals surface area contributed by atoms with Crippen LogP contribution < -0.4 is 5.73 Å². The van der Waals surface area contributed by atoms with E-state index < -0.39 is 11.6 Å². The summed E-state index contributed by atoms with van der Waals surface area (Å²) in [6.45, 7) is 2.05. The van der Waals surface area contributed by atoms with Crippen LogP contribution in [0.5, 0.6) is 0 Å². The summed E-state index contributed by atoms with van der Waals surface area (Å²) in [7, 11) is 0. The van der Waals surface area contributed by atoms with Gasteiger partial charge in [0.2, 0.25) is 5.95 Å². The molecule has 0 saturated heterocycles. The van der Waals surface area contributed by atoms with E-state index in [-0.39, 0.29) is 17.0 Å². The number of aromatic nitrogens is 2. The van der Waals surface area contributed by atoms with Crippen molar-refractivity contribution in [2.75, 3.05) is 5.73 Å². The lowest BCUT2D eigenvalue weighted by Gasteiger charge is -2.36. The van der Waals surface area contributed by atoms with Crippen LogP contribution in [0.4, 0.5) is 14.7 Å². The standard InChI is InChI=1S/C14H17F2N3/c1-14(7-3-2-4-8-14)19-12-10(18-13(19)17)6-5-9(15)11(12)16/h5-6H,2-4,7-8H2,1H3,(H2,17,18). The lowest BCUT2D eigenvalue weighted by atomic mass is 9.83. The van der Waals surface area contributed by atoms with Crippen LogP contribution in [0.2, 0.25) is 0 Å². The zero-order valence-corrected chi connectivity index (χ0v) is 10.9. The number of fused-ring (bicyclic) bond motifs is 1. The summed E-state index contributed by atoms with van der Waals surface area (Å²) in [6.07, 6.45) is 5.16. The molecule has 1 saturated carbocycles. The second-order valence-corrected chi connectivity index (χ2v) is 5.59. The number of anilines is 1. The van der Waals surface area contributed by atoms with Gasteiger partial charge in [0.05, 0.1) is 5.52 Å². The molecule has 19 heavy (non-hydrogen) atoms. The Labute approximate surface area is 110 Å². The van der Waals surface area contributed by atoms with E-state index in [4.69, 9.17) is 5.73 Å². The number of benzene rings is 1. The normalized spacial score (nSPS) is 18.9. The van der Waals surface area contributed by atoms with Crippen LogP contribution in [0.15, 0.2) is 12.1 Å². The van der Waals surface area contributed by atoms with Crippen LogP contribution in [-0.2, 0) is 5.54 Å². The average molecular weight is 265 g/mol. The van der Waals surface area contributed by atoms with Gasteiger partial charge in [0.25, 0.3) is 0 Å². The molecule has 0 spiro atoms. The zero-order valence-electron chi connectivity index (χ0n) is 10.9. The van der Waals surface area contributed by atoms with Gasteiger partial charge in [-0.25, -0.2) is 13.8 Å². The Morgan fingerprint density at radius 2 is 1.89 bits per heavy atom. The topological polar surface area (TPSA) is 43.8 Å². The Morgan fingerprint density at radius 3 is 2.58 bits per heavy atom. The first-order valence-electron chi connectivity index (χ1n) is 6.65. The van der Waals surface area contributed by atoms with Gasteiger partial charge in [0.15, 0.2) is 11.6 Å². The molecule has 1 aliphatic carbocycles. The summed E-state index contributed by atoms with van der Waals surface area (Å²) in [5, 5.41) is 0. The highest BCUT2D eigenvalue weighted by atomic mass is 19.2. The maximum absolute atomic E-state index is 14.1. The Morgan fingerprint density at radius 1 is 1.21 bits per heavy atom. The molecule has 3 nitrogen and oxygen atoms in total. The molecule has 5 heteroatoms. The molecule has 1 aliphatic rings. The maximum Gasteiger partial charge on any atom is 0.201 e. The van der Waals surface area contributed by atoms with E-state index in [1.54, 1.807) is 4.57 Å². The SMILES string of the molecule is CC1(n2c(N)nc3ccc(F)c(F)c32)CCCCC1. The van der Waals surface area contributed by atoms with E-state index in [1.807, 2.05) is 6.92 Å². The van der Waals surface area contributed by atoms with Gasteiger partial charge in [-0.3, -0.25) is 0 Å². The van der Waals surface area contributed by atoms with Crippen LogP contribution >= 0.6 is 0 Å². The van der Waals surface area contributed by atoms with Crippen molar-refractivity contribution >= 4 is 17.0 Å². The average Bonchev–Trinajstić information content (AvgIpc) is 2.73. The number of rotatable bonds is 1. The molecule has 0 atom stereocenters. The van der Waals surface area contributed by atoms with Crippen LogP contribution in [0, 0.1) is 11.6 Å². The molecular formula is C14H17F2N3. The Bertz CT molecular complexity index is 627. The number of halogens is 2. The highest BCUT2D eigenvalue weighted by molar-refractivity contribution is 5.79. The fourth-order valence-corrected chi connectivity index (χ4v) is 3.20. The van der Waals surface area contributed by atoms with E-state index >= 15 is 0 Å². The van der Waals surface area contributed by atoms with Crippen LogP contribution in [0.1, 0.15) is 39.0 Å². The Balaban J connectivity index is 2.27. The fraction of sp³-hybridized carbons (Fsp3) is 0.500. The first-order valence-corrected chi connectivity index (χ1v) is 6.65. The van der Waals surface area contributed by atoms with Crippen molar-refractivity contribution in [1.82, 2.24) is 9.55 Å². The first kappa shape index (κ1) is 12.4. The molecule has 0 amide bonds. The molecule has 1 heterocycles. The largest absolute Gasteiger partial charge is 0.369 e. The van der Waals surface area contributed by atoms with Crippen LogP contribution in [-0.4, -0.2) is 9.55 Å². The molecule has 1 aromatic carbocycles. The number of hydrogen-bond donors (Lipinski definition) is 1. The molecule has 0 radical (unpaired) electrons. The predicted octanol–water partition coefficient (Wildman–Crippen LogP) is 3.58. The van der Waals surface area contributed by atoms with Gasteiger partial charge in [0.1, 0.15) is 5.52 Å². The van der Waals surface area contributed by atoms with E-state index in [0.717, 1.165) is 31.7 Å². The van der Waals surface area contributed by atoms with E-state index in [9.17, 15) is 8.78 Å². The molecule has 2 aromatic rings. The van der Waals surface area contributed by atoms with Crippen LogP contribution in [0.25, 0.3) is 11.0 Å².